The normalized spacial score (nSPS) is 32.9. The van der Waals surface area contributed by atoms with Crippen LogP contribution >= 0.6 is 0 Å². The first-order valence-electron chi connectivity index (χ1n) is 5.00. The molecule has 2 rings (SSSR count). The molecule has 88 valence electrons. The van der Waals surface area contributed by atoms with E-state index in [-0.39, 0.29) is 25.5 Å². The van der Waals surface area contributed by atoms with Crippen molar-refractivity contribution in [2.75, 3.05) is 20.2 Å². The van der Waals surface area contributed by atoms with Gasteiger partial charge in [0.25, 0.3) is 0 Å². The summed E-state index contributed by atoms with van der Waals surface area (Å²) in [6.45, 7) is 0.242. The van der Waals surface area contributed by atoms with Gasteiger partial charge in [-0.15, -0.1) is 0 Å². The first kappa shape index (κ1) is 10.9. The van der Waals surface area contributed by atoms with Crippen LogP contribution in [0.15, 0.2) is 4.99 Å². The molecule has 0 aromatic carbocycles. The number of amides is 1. The molecule has 7 heteroatoms. The topological polar surface area (TPSA) is 91.2 Å². The van der Waals surface area contributed by atoms with Crippen LogP contribution in [0.2, 0.25) is 0 Å². The zero-order chi connectivity index (χ0) is 11.7. The number of guanidine groups is 1. The first-order chi connectivity index (χ1) is 7.56. The number of likely N-dealkylation sites (N-methyl/N-ethyl adjacent to an activating group) is 1. The molecular weight excluding hydrogens is 214 g/mol. The zero-order valence-electron chi connectivity index (χ0n) is 8.84. The molecule has 0 aromatic heterocycles. The Bertz CT molecular complexity index is 355. The lowest BCUT2D eigenvalue weighted by Gasteiger charge is -2.23. The summed E-state index contributed by atoms with van der Waals surface area (Å²) in [7, 11) is 1.70. The molecular formula is C9H13N3O4. The number of hydrogen-bond acceptors (Lipinski definition) is 5. The molecule has 2 N–H and O–H groups in total. The van der Waals surface area contributed by atoms with Crippen molar-refractivity contribution in [1.29, 1.82) is 0 Å². The Morgan fingerprint density at radius 3 is 2.94 bits per heavy atom. The van der Waals surface area contributed by atoms with E-state index in [0.717, 1.165) is 0 Å². The summed E-state index contributed by atoms with van der Waals surface area (Å²) in [6.07, 6.45) is -0.457. The van der Waals surface area contributed by atoms with Gasteiger partial charge in [0, 0.05) is 13.5 Å². The molecule has 2 fully saturated rings. The first-order valence-corrected chi connectivity index (χ1v) is 5.00. The van der Waals surface area contributed by atoms with Crippen LogP contribution in [0, 0.1) is 0 Å². The molecule has 2 saturated heterocycles. The standard InChI is InChI=1S/C9H13N3O4/c1-12-3-7(14)11-9(12)10-6-2-5(13)4-16-8(6)15/h5-6,13H,2-4H2,1H3,(H,10,11,14). The van der Waals surface area contributed by atoms with Crippen molar-refractivity contribution in [2.45, 2.75) is 18.6 Å². The number of ether oxygens (including phenoxy) is 1. The molecule has 0 saturated carbocycles. The third-order valence-corrected chi connectivity index (χ3v) is 2.46. The lowest BCUT2D eigenvalue weighted by molar-refractivity contribution is -0.154. The molecule has 0 aliphatic carbocycles. The van der Waals surface area contributed by atoms with Crippen molar-refractivity contribution in [2.24, 2.45) is 4.99 Å². The van der Waals surface area contributed by atoms with E-state index in [1.54, 1.807) is 11.9 Å². The highest BCUT2D eigenvalue weighted by Gasteiger charge is 2.31. The second-order valence-corrected chi connectivity index (χ2v) is 3.89. The van der Waals surface area contributed by atoms with Crippen LogP contribution in [0.4, 0.5) is 0 Å². The van der Waals surface area contributed by atoms with E-state index in [9.17, 15) is 14.7 Å². The average molecular weight is 227 g/mol. The number of carbonyl (C=O) groups is 2. The number of aliphatic hydroxyl groups excluding tert-OH is 1. The SMILES string of the molecule is CN1CC(=O)NC1=NC1CC(O)COC1=O. The highest BCUT2D eigenvalue weighted by atomic mass is 16.5. The molecule has 1 amide bonds. The van der Waals surface area contributed by atoms with Gasteiger partial charge in [-0.25, -0.2) is 9.79 Å². The molecule has 7 nitrogen and oxygen atoms in total. The summed E-state index contributed by atoms with van der Waals surface area (Å²) in [5, 5.41) is 11.9. The van der Waals surface area contributed by atoms with Crippen LogP contribution in [0.3, 0.4) is 0 Å². The smallest absolute Gasteiger partial charge is 0.331 e. The number of aliphatic imine (C=N–C) groups is 1. The Kier molecular flexibility index (Phi) is 2.78. The number of rotatable bonds is 1. The number of nitrogens with zero attached hydrogens (tertiary/aromatic N) is 2. The highest BCUT2D eigenvalue weighted by molar-refractivity contribution is 6.04. The highest BCUT2D eigenvalue weighted by Crippen LogP contribution is 2.13. The predicted octanol–water partition coefficient (Wildman–Crippen LogP) is -1.92. The molecule has 0 bridgehead atoms. The molecule has 0 aromatic rings. The Balaban J connectivity index is 2.10. The van der Waals surface area contributed by atoms with E-state index >= 15 is 0 Å². The molecule has 2 unspecified atom stereocenters. The van der Waals surface area contributed by atoms with Crippen LogP contribution in [-0.4, -0.2) is 60.2 Å². The molecule has 0 spiro atoms. The minimum Gasteiger partial charge on any atom is -0.461 e. The summed E-state index contributed by atoms with van der Waals surface area (Å²) in [5.41, 5.74) is 0. The average Bonchev–Trinajstić information content (AvgIpc) is 2.51. The molecule has 16 heavy (non-hydrogen) atoms. The van der Waals surface area contributed by atoms with E-state index in [4.69, 9.17) is 4.74 Å². The van der Waals surface area contributed by atoms with Gasteiger partial charge in [0.15, 0.2) is 6.04 Å². The summed E-state index contributed by atoms with van der Waals surface area (Å²) >= 11 is 0. The summed E-state index contributed by atoms with van der Waals surface area (Å²) in [5.74, 6) is -0.278. The minimum absolute atomic E-state index is 0.0163. The van der Waals surface area contributed by atoms with Gasteiger partial charge >= 0.3 is 5.97 Å². The molecule has 2 aliphatic heterocycles. The fraction of sp³-hybridized carbons (Fsp3) is 0.667. The Morgan fingerprint density at radius 1 is 1.56 bits per heavy atom. The van der Waals surface area contributed by atoms with E-state index in [2.05, 4.69) is 10.3 Å². The Morgan fingerprint density at radius 2 is 2.31 bits per heavy atom. The molecule has 2 aliphatic rings. The van der Waals surface area contributed by atoms with Crippen LogP contribution in [-0.2, 0) is 14.3 Å². The lowest BCUT2D eigenvalue weighted by Crippen LogP contribution is -2.39. The van der Waals surface area contributed by atoms with Gasteiger partial charge in [0.05, 0.1) is 12.6 Å². The quantitative estimate of drug-likeness (QED) is 0.510. The zero-order valence-corrected chi connectivity index (χ0v) is 8.84. The van der Waals surface area contributed by atoms with Gasteiger partial charge in [-0.05, 0) is 0 Å². The van der Waals surface area contributed by atoms with Gasteiger partial charge in [-0.3, -0.25) is 10.1 Å². The van der Waals surface area contributed by atoms with Crippen molar-refractivity contribution in [1.82, 2.24) is 10.2 Å². The third kappa shape index (κ3) is 2.13. The van der Waals surface area contributed by atoms with E-state index in [1.807, 2.05) is 0 Å². The predicted molar refractivity (Wildman–Crippen MR) is 53.6 cm³/mol. The second kappa shape index (κ2) is 4.09. The fourth-order valence-corrected chi connectivity index (χ4v) is 1.63. The van der Waals surface area contributed by atoms with Crippen molar-refractivity contribution in [3.05, 3.63) is 0 Å². The van der Waals surface area contributed by atoms with Crippen LogP contribution in [0.1, 0.15) is 6.42 Å². The van der Waals surface area contributed by atoms with Crippen LogP contribution < -0.4 is 5.32 Å². The van der Waals surface area contributed by atoms with E-state index < -0.39 is 18.1 Å². The van der Waals surface area contributed by atoms with Crippen LogP contribution in [0.5, 0.6) is 0 Å². The van der Waals surface area contributed by atoms with Gasteiger partial charge in [0.1, 0.15) is 6.61 Å². The van der Waals surface area contributed by atoms with Gasteiger partial charge in [-0.2, -0.15) is 0 Å². The summed E-state index contributed by atoms with van der Waals surface area (Å²) < 4.78 is 4.75. The maximum atomic E-state index is 11.3. The summed E-state index contributed by atoms with van der Waals surface area (Å²) in [4.78, 5) is 28.1. The number of esters is 1. The van der Waals surface area contributed by atoms with Crippen molar-refractivity contribution < 1.29 is 19.4 Å². The monoisotopic (exact) mass is 227 g/mol. The maximum Gasteiger partial charge on any atom is 0.331 e. The number of hydrogen-bond donors (Lipinski definition) is 2. The maximum absolute atomic E-state index is 11.3. The van der Waals surface area contributed by atoms with E-state index in [1.165, 1.54) is 0 Å². The van der Waals surface area contributed by atoms with Gasteiger partial charge in [-0.1, -0.05) is 0 Å². The van der Waals surface area contributed by atoms with Crippen molar-refractivity contribution in [3.8, 4) is 0 Å². The number of cyclic esters (lactones) is 1. The largest absolute Gasteiger partial charge is 0.461 e. The van der Waals surface area contributed by atoms with Gasteiger partial charge in [0.2, 0.25) is 11.9 Å². The Hall–Kier alpha value is -1.63. The third-order valence-electron chi connectivity index (χ3n) is 2.46. The van der Waals surface area contributed by atoms with Gasteiger partial charge < -0.3 is 14.7 Å². The van der Waals surface area contributed by atoms with Crippen molar-refractivity contribution in [3.63, 3.8) is 0 Å². The van der Waals surface area contributed by atoms with Crippen LogP contribution in [0.25, 0.3) is 0 Å². The molecule has 2 heterocycles. The lowest BCUT2D eigenvalue weighted by atomic mass is 10.1. The number of aliphatic hydroxyl groups is 1. The molecule has 2 atom stereocenters. The molecule has 0 radical (unpaired) electrons. The minimum atomic E-state index is -0.736. The van der Waals surface area contributed by atoms with Crippen molar-refractivity contribution >= 4 is 17.8 Å². The summed E-state index contributed by atoms with van der Waals surface area (Å²) in [6, 6.07) is -0.736. The van der Waals surface area contributed by atoms with E-state index in [0.29, 0.717) is 5.96 Å². The fourth-order valence-electron chi connectivity index (χ4n) is 1.63. The number of nitrogens with one attached hydrogen (secondary N) is 1. The second-order valence-electron chi connectivity index (χ2n) is 3.89. The Labute approximate surface area is 92.1 Å². The number of carbonyl (C=O) groups excluding carboxylic acids is 2.